The van der Waals surface area contributed by atoms with Crippen LogP contribution in [0.5, 0.6) is 5.75 Å². The number of nitrogens with zero attached hydrogens (tertiary/aromatic N) is 1. The first-order chi connectivity index (χ1) is 11.6. The SMILES string of the molecule is O=C1c2ccccc2NC(c2ccccc2OC(F)F)N1C1CC1. The fourth-order valence-electron chi connectivity index (χ4n) is 3.14. The number of para-hydroxylation sites is 2. The monoisotopic (exact) mass is 330 g/mol. The van der Waals surface area contributed by atoms with Crippen LogP contribution in [0.25, 0.3) is 0 Å². The van der Waals surface area contributed by atoms with Crippen molar-refractivity contribution in [3.05, 3.63) is 59.7 Å². The molecular formula is C18H16F2N2O2. The van der Waals surface area contributed by atoms with E-state index in [2.05, 4.69) is 10.1 Å². The molecule has 4 nitrogen and oxygen atoms in total. The van der Waals surface area contributed by atoms with Crippen molar-refractivity contribution in [2.75, 3.05) is 5.32 Å². The van der Waals surface area contributed by atoms with E-state index in [1.807, 2.05) is 18.2 Å². The van der Waals surface area contributed by atoms with E-state index in [0.29, 0.717) is 16.8 Å². The molecule has 1 unspecified atom stereocenters. The van der Waals surface area contributed by atoms with Gasteiger partial charge in [0.15, 0.2) is 0 Å². The summed E-state index contributed by atoms with van der Waals surface area (Å²) in [6, 6.07) is 14.0. The molecule has 1 heterocycles. The summed E-state index contributed by atoms with van der Waals surface area (Å²) in [7, 11) is 0. The number of carbonyl (C=O) groups is 1. The number of alkyl halides is 2. The number of nitrogens with one attached hydrogen (secondary N) is 1. The summed E-state index contributed by atoms with van der Waals surface area (Å²) >= 11 is 0. The van der Waals surface area contributed by atoms with Gasteiger partial charge in [-0.15, -0.1) is 0 Å². The number of fused-ring (bicyclic) bond motifs is 1. The highest BCUT2D eigenvalue weighted by molar-refractivity contribution is 6.02. The number of hydrogen-bond donors (Lipinski definition) is 1. The number of benzene rings is 2. The number of hydrogen-bond acceptors (Lipinski definition) is 3. The summed E-state index contributed by atoms with van der Waals surface area (Å²) in [5.74, 6) is 0.00605. The zero-order valence-electron chi connectivity index (χ0n) is 12.8. The molecule has 1 atom stereocenters. The smallest absolute Gasteiger partial charge is 0.387 e. The van der Waals surface area contributed by atoms with E-state index in [1.165, 1.54) is 6.07 Å². The summed E-state index contributed by atoms with van der Waals surface area (Å²) in [6.45, 7) is -2.91. The molecule has 1 amide bonds. The van der Waals surface area contributed by atoms with Gasteiger partial charge in [0.05, 0.1) is 5.56 Å². The molecule has 1 aliphatic carbocycles. The third-order valence-electron chi connectivity index (χ3n) is 4.33. The Morgan fingerprint density at radius 3 is 2.54 bits per heavy atom. The van der Waals surface area contributed by atoms with Gasteiger partial charge in [-0.25, -0.2) is 0 Å². The van der Waals surface area contributed by atoms with Crippen LogP contribution in [0.15, 0.2) is 48.5 Å². The maximum absolute atomic E-state index is 12.9. The molecule has 2 aliphatic rings. The predicted octanol–water partition coefficient (Wildman–Crippen LogP) is 4.02. The second kappa shape index (κ2) is 5.78. The van der Waals surface area contributed by atoms with Crippen LogP contribution in [0.3, 0.4) is 0 Å². The molecule has 6 heteroatoms. The average molecular weight is 330 g/mol. The van der Waals surface area contributed by atoms with E-state index in [1.54, 1.807) is 29.2 Å². The van der Waals surface area contributed by atoms with Crippen LogP contribution in [-0.4, -0.2) is 23.5 Å². The van der Waals surface area contributed by atoms with Crippen LogP contribution >= 0.6 is 0 Å². The normalized spacial score (nSPS) is 19.9. The molecule has 0 radical (unpaired) electrons. The Bertz CT molecular complexity index is 777. The number of carbonyl (C=O) groups excluding carboxylic acids is 1. The summed E-state index contributed by atoms with van der Waals surface area (Å²) < 4.78 is 30.1. The van der Waals surface area contributed by atoms with Gasteiger partial charge in [-0.1, -0.05) is 30.3 Å². The van der Waals surface area contributed by atoms with Crippen LogP contribution < -0.4 is 10.1 Å². The average Bonchev–Trinajstić information content (AvgIpc) is 3.39. The Hall–Kier alpha value is -2.63. The first-order valence-electron chi connectivity index (χ1n) is 7.87. The topological polar surface area (TPSA) is 41.6 Å². The highest BCUT2D eigenvalue weighted by Crippen LogP contribution is 2.42. The molecule has 0 saturated heterocycles. The number of halogens is 2. The Morgan fingerprint density at radius 2 is 1.79 bits per heavy atom. The first kappa shape index (κ1) is 14.9. The van der Waals surface area contributed by atoms with Crippen molar-refractivity contribution >= 4 is 11.6 Å². The second-order valence-corrected chi connectivity index (χ2v) is 5.95. The summed E-state index contributed by atoms with van der Waals surface area (Å²) in [5, 5.41) is 3.31. The van der Waals surface area contributed by atoms with E-state index in [0.717, 1.165) is 12.8 Å². The fourth-order valence-corrected chi connectivity index (χ4v) is 3.14. The van der Waals surface area contributed by atoms with Crippen LogP contribution in [0, 0.1) is 0 Å². The molecule has 1 aliphatic heterocycles. The molecule has 0 spiro atoms. The van der Waals surface area contributed by atoms with Crippen LogP contribution in [0.1, 0.15) is 34.9 Å². The van der Waals surface area contributed by atoms with Crippen molar-refractivity contribution in [2.45, 2.75) is 31.7 Å². The van der Waals surface area contributed by atoms with Crippen molar-refractivity contribution in [1.82, 2.24) is 4.90 Å². The molecule has 24 heavy (non-hydrogen) atoms. The summed E-state index contributed by atoms with van der Waals surface area (Å²) in [6.07, 6.45) is 1.32. The second-order valence-electron chi connectivity index (χ2n) is 5.95. The van der Waals surface area contributed by atoms with Crippen LogP contribution in [0.2, 0.25) is 0 Å². The summed E-state index contributed by atoms with van der Waals surface area (Å²) in [5.41, 5.74) is 1.84. The Morgan fingerprint density at radius 1 is 1.08 bits per heavy atom. The number of amides is 1. The van der Waals surface area contributed by atoms with Gasteiger partial charge in [-0.05, 0) is 31.0 Å². The van der Waals surface area contributed by atoms with E-state index in [4.69, 9.17) is 0 Å². The molecule has 4 rings (SSSR count). The van der Waals surface area contributed by atoms with E-state index in [-0.39, 0.29) is 17.7 Å². The lowest BCUT2D eigenvalue weighted by Crippen LogP contribution is -2.44. The molecule has 0 bridgehead atoms. The van der Waals surface area contributed by atoms with Crippen molar-refractivity contribution in [3.63, 3.8) is 0 Å². The van der Waals surface area contributed by atoms with Crippen LogP contribution in [0.4, 0.5) is 14.5 Å². The van der Waals surface area contributed by atoms with Crippen molar-refractivity contribution in [3.8, 4) is 5.75 Å². The molecule has 0 aromatic heterocycles. The third kappa shape index (κ3) is 2.58. The zero-order valence-corrected chi connectivity index (χ0v) is 12.8. The van der Waals surface area contributed by atoms with Crippen LogP contribution in [-0.2, 0) is 0 Å². The Kier molecular flexibility index (Phi) is 3.59. The lowest BCUT2D eigenvalue weighted by molar-refractivity contribution is -0.0509. The van der Waals surface area contributed by atoms with Gasteiger partial charge in [0.25, 0.3) is 5.91 Å². The van der Waals surface area contributed by atoms with E-state index < -0.39 is 12.8 Å². The van der Waals surface area contributed by atoms with Gasteiger partial charge in [0.2, 0.25) is 0 Å². The highest BCUT2D eigenvalue weighted by atomic mass is 19.3. The van der Waals surface area contributed by atoms with Gasteiger partial charge in [0.1, 0.15) is 11.9 Å². The van der Waals surface area contributed by atoms with Crippen molar-refractivity contribution in [2.24, 2.45) is 0 Å². The molecule has 1 N–H and O–H groups in total. The molecule has 2 aromatic carbocycles. The number of anilines is 1. The first-order valence-corrected chi connectivity index (χ1v) is 7.87. The Balaban J connectivity index is 1.78. The van der Waals surface area contributed by atoms with E-state index in [9.17, 15) is 13.6 Å². The standard InChI is InChI=1S/C18H16F2N2O2/c19-18(20)24-15-8-4-2-6-13(15)16-21-14-7-3-1-5-12(14)17(23)22(16)11-9-10-11/h1-8,11,16,18,21H,9-10H2. The molecule has 2 aromatic rings. The number of rotatable bonds is 4. The quantitative estimate of drug-likeness (QED) is 0.921. The minimum absolute atomic E-state index is 0.0799. The molecule has 1 saturated carbocycles. The minimum Gasteiger partial charge on any atom is -0.434 e. The zero-order chi connectivity index (χ0) is 16.7. The van der Waals surface area contributed by atoms with Crippen molar-refractivity contribution < 1.29 is 18.3 Å². The number of ether oxygens (including phenoxy) is 1. The summed E-state index contributed by atoms with van der Waals surface area (Å²) in [4.78, 5) is 14.7. The predicted molar refractivity (Wildman–Crippen MR) is 85.1 cm³/mol. The lowest BCUT2D eigenvalue weighted by Gasteiger charge is -2.38. The van der Waals surface area contributed by atoms with Gasteiger partial charge >= 0.3 is 6.61 Å². The fraction of sp³-hybridized carbons (Fsp3) is 0.278. The Labute approximate surface area is 138 Å². The minimum atomic E-state index is -2.91. The lowest BCUT2D eigenvalue weighted by atomic mass is 10.0. The van der Waals surface area contributed by atoms with Gasteiger partial charge in [-0.3, -0.25) is 4.79 Å². The molecular weight excluding hydrogens is 314 g/mol. The maximum atomic E-state index is 12.9. The molecule has 124 valence electrons. The van der Waals surface area contributed by atoms with Gasteiger partial charge < -0.3 is 15.0 Å². The van der Waals surface area contributed by atoms with E-state index >= 15 is 0 Å². The molecule has 1 fully saturated rings. The van der Waals surface area contributed by atoms with Gasteiger partial charge in [-0.2, -0.15) is 8.78 Å². The third-order valence-corrected chi connectivity index (χ3v) is 4.33. The van der Waals surface area contributed by atoms with Gasteiger partial charge in [0, 0.05) is 17.3 Å². The highest BCUT2D eigenvalue weighted by Gasteiger charge is 2.42. The van der Waals surface area contributed by atoms with Crippen molar-refractivity contribution in [1.29, 1.82) is 0 Å². The maximum Gasteiger partial charge on any atom is 0.387 e. The largest absolute Gasteiger partial charge is 0.434 e.